The fourth-order valence-electron chi connectivity index (χ4n) is 4.15. The zero-order valence-electron chi connectivity index (χ0n) is 14.9. The Bertz CT molecular complexity index is 866. The van der Waals surface area contributed by atoms with Crippen molar-refractivity contribution in [1.82, 2.24) is 20.9 Å². The summed E-state index contributed by atoms with van der Waals surface area (Å²) in [4.78, 5) is 14.2. The number of carbonyl (C=O) groups excluding carboxylic acids is 1. The van der Waals surface area contributed by atoms with Crippen LogP contribution in [-0.4, -0.2) is 56.0 Å². The summed E-state index contributed by atoms with van der Waals surface area (Å²) in [6, 6.07) is -0.160. The number of amides is 1. The molecule has 27 heavy (non-hydrogen) atoms. The number of nitrogens with one attached hydrogen (secondary N) is 3. The standard InChI is InChI=1S/C18H24N4O4S/c23-18(20-9-6-12-4-7-19-8-5-12)14-10-13-11-21-16-3-1-2-15(22(13)16)17(14)27(24,25)26/h1-3,10,12-13,19,21H,4-9,11H2,(H,20,23)(H,24,25,26). The van der Waals surface area contributed by atoms with Crippen LogP contribution in [-0.2, 0) is 14.9 Å². The predicted molar refractivity (Wildman–Crippen MR) is 101 cm³/mol. The first-order chi connectivity index (χ1) is 12.9. The maximum atomic E-state index is 12.8. The Balaban J connectivity index is 1.54. The topological polar surface area (TPSA) is 111 Å². The first-order valence-corrected chi connectivity index (χ1v) is 10.7. The highest BCUT2D eigenvalue weighted by molar-refractivity contribution is 7.90. The molecule has 1 atom stereocenters. The van der Waals surface area contributed by atoms with Crippen molar-refractivity contribution in [3.63, 3.8) is 0 Å². The van der Waals surface area contributed by atoms with E-state index in [1.54, 1.807) is 23.1 Å². The molecule has 0 radical (unpaired) electrons. The van der Waals surface area contributed by atoms with Gasteiger partial charge in [0.15, 0.2) is 0 Å². The molecule has 4 N–H and O–H groups in total. The molecule has 1 amide bonds. The van der Waals surface area contributed by atoms with Crippen LogP contribution < -0.4 is 16.0 Å². The molecule has 146 valence electrons. The smallest absolute Gasteiger partial charge is 0.297 e. The van der Waals surface area contributed by atoms with E-state index < -0.39 is 16.0 Å². The number of hydrogen-bond donors (Lipinski definition) is 4. The quantitative estimate of drug-likeness (QED) is 0.495. The van der Waals surface area contributed by atoms with Gasteiger partial charge in [-0.15, -0.1) is 0 Å². The summed E-state index contributed by atoms with van der Waals surface area (Å²) in [6.45, 7) is 3.05. The van der Waals surface area contributed by atoms with E-state index in [9.17, 15) is 17.8 Å². The van der Waals surface area contributed by atoms with Crippen molar-refractivity contribution in [3.05, 3.63) is 46.3 Å². The average Bonchev–Trinajstić information content (AvgIpc) is 3.06. The lowest BCUT2D eigenvalue weighted by molar-refractivity contribution is -0.117. The van der Waals surface area contributed by atoms with Crippen LogP contribution in [0.15, 0.2) is 46.3 Å². The maximum absolute atomic E-state index is 12.8. The molecule has 8 nitrogen and oxygen atoms in total. The molecule has 0 saturated carbocycles. The summed E-state index contributed by atoms with van der Waals surface area (Å²) in [7, 11) is -4.56. The second kappa shape index (κ2) is 7.14. The molecule has 4 heterocycles. The van der Waals surface area contributed by atoms with Gasteiger partial charge < -0.3 is 20.9 Å². The van der Waals surface area contributed by atoms with Crippen LogP contribution in [0.1, 0.15) is 19.3 Å². The lowest BCUT2D eigenvalue weighted by atomic mass is 9.94. The van der Waals surface area contributed by atoms with Gasteiger partial charge in [0.05, 0.1) is 17.3 Å². The minimum absolute atomic E-state index is 0.0219. The van der Waals surface area contributed by atoms with Crippen molar-refractivity contribution >= 4 is 16.0 Å². The van der Waals surface area contributed by atoms with Gasteiger partial charge in [0.25, 0.3) is 16.0 Å². The average molecular weight is 392 g/mol. The third-order valence-corrected chi connectivity index (χ3v) is 6.43. The van der Waals surface area contributed by atoms with Gasteiger partial charge in [0.1, 0.15) is 10.7 Å². The van der Waals surface area contributed by atoms with Crippen molar-refractivity contribution < 1.29 is 17.8 Å². The van der Waals surface area contributed by atoms with Crippen molar-refractivity contribution in [2.24, 2.45) is 5.92 Å². The van der Waals surface area contributed by atoms with Crippen molar-refractivity contribution in [1.29, 1.82) is 0 Å². The van der Waals surface area contributed by atoms with E-state index in [1.165, 1.54) is 0 Å². The van der Waals surface area contributed by atoms with E-state index in [0.29, 0.717) is 24.7 Å². The molecule has 0 aromatic rings. The third-order valence-electron chi connectivity index (χ3n) is 5.49. The maximum Gasteiger partial charge on any atom is 0.297 e. The van der Waals surface area contributed by atoms with E-state index in [0.717, 1.165) is 38.2 Å². The highest BCUT2D eigenvalue weighted by Gasteiger charge is 2.41. The fraction of sp³-hybridized carbons (Fsp3) is 0.500. The van der Waals surface area contributed by atoms with Gasteiger partial charge >= 0.3 is 0 Å². The molecule has 9 heteroatoms. The van der Waals surface area contributed by atoms with Gasteiger partial charge in [0, 0.05) is 13.1 Å². The molecule has 1 unspecified atom stereocenters. The van der Waals surface area contributed by atoms with E-state index in [4.69, 9.17) is 0 Å². The second-order valence-electron chi connectivity index (χ2n) is 7.24. The number of nitrogens with zero attached hydrogens (tertiary/aromatic N) is 1. The fourth-order valence-corrected chi connectivity index (χ4v) is 5.02. The summed E-state index contributed by atoms with van der Waals surface area (Å²) < 4.78 is 34.0. The second-order valence-corrected chi connectivity index (χ2v) is 8.60. The minimum atomic E-state index is -4.56. The van der Waals surface area contributed by atoms with E-state index in [1.807, 2.05) is 6.08 Å². The molecule has 0 aromatic carbocycles. The zero-order valence-corrected chi connectivity index (χ0v) is 15.8. The summed E-state index contributed by atoms with van der Waals surface area (Å²) in [6.07, 6.45) is 9.81. The first-order valence-electron chi connectivity index (χ1n) is 9.29. The molecule has 2 fully saturated rings. The van der Waals surface area contributed by atoms with Gasteiger partial charge in [-0.25, -0.2) is 0 Å². The summed E-state index contributed by atoms with van der Waals surface area (Å²) in [5.41, 5.74) is 0.352. The number of carbonyl (C=O) groups is 1. The highest BCUT2D eigenvalue weighted by Crippen LogP contribution is 2.37. The van der Waals surface area contributed by atoms with Crippen LogP contribution in [0.5, 0.6) is 0 Å². The van der Waals surface area contributed by atoms with Crippen LogP contribution in [0.4, 0.5) is 0 Å². The number of piperidine rings is 1. The van der Waals surface area contributed by atoms with Gasteiger partial charge in [0.2, 0.25) is 0 Å². The molecular weight excluding hydrogens is 368 g/mol. The monoisotopic (exact) mass is 392 g/mol. The lowest BCUT2D eigenvalue weighted by Crippen LogP contribution is -2.38. The third kappa shape index (κ3) is 3.54. The molecule has 4 rings (SSSR count). The van der Waals surface area contributed by atoms with E-state index in [2.05, 4.69) is 16.0 Å². The Kier molecular flexibility index (Phi) is 4.83. The van der Waals surface area contributed by atoms with Crippen LogP contribution in [0, 0.1) is 5.92 Å². The largest absolute Gasteiger partial charge is 0.369 e. The Labute approximate surface area is 158 Å². The molecule has 0 spiro atoms. The highest BCUT2D eigenvalue weighted by atomic mass is 32.2. The predicted octanol–water partition coefficient (Wildman–Crippen LogP) is 0.217. The van der Waals surface area contributed by atoms with Crippen LogP contribution in [0.3, 0.4) is 0 Å². The van der Waals surface area contributed by atoms with E-state index in [-0.39, 0.29) is 16.5 Å². The Morgan fingerprint density at radius 3 is 2.85 bits per heavy atom. The number of allylic oxidation sites excluding steroid dienone is 3. The van der Waals surface area contributed by atoms with Crippen molar-refractivity contribution in [2.75, 3.05) is 26.2 Å². The van der Waals surface area contributed by atoms with Crippen LogP contribution >= 0.6 is 0 Å². The Morgan fingerprint density at radius 1 is 1.33 bits per heavy atom. The van der Waals surface area contributed by atoms with Gasteiger partial charge in [-0.3, -0.25) is 9.35 Å². The van der Waals surface area contributed by atoms with Crippen molar-refractivity contribution in [3.8, 4) is 0 Å². The Morgan fingerprint density at radius 2 is 2.11 bits per heavy atom. The first kappa shape index (κ1) is 18.3. The molecule has 2 saturated heterocycles. The molecule has 4 aliphatic rings. The summed E-state index contributed by atoms with van der Waals surface area (Å²) in [5.74, 6) is 0.871. The van der Waals surface area contributed by atoms with Gasteiger partial charge in [-0.1, -0.05) is 6.08 Å². The summed E-state index contributed by atoms with van der Waals surface area (Å²) in [5, 5.41) is 9.34. The normalized spacial score (nSPS) is 24.9. The molecule has 0 aliphatic carbocycles. The zero-order chi connectivity index (χ0) is 19.0. The van der Waals surface area contributed by atoms with E-state index >= 15 is 0 Å². The van der Waals surface area contributed by atoms with Crippen molar-refractivity contribution in [2.45, 2.75) is 25.3 Å². The Hall–Kier alpha value is -2.10. The number of hydrogen-bond acceptors (Lipinski definition) is 6. The summed E-state index contributed by atoms with van der Waals surface area (Å²) >= 11 is 0. The van der Waals surface area contributed by atoms with Crippen LogP contribution in [0.2, 0.25) is 0 Å². The SMILES string of the molecule is O=C(NCCC1CCNCC1)C1=CC2CNC3=CC=CC(=C1S(=O)(=O)O)N32. The van der Waals surface area contributed by atoms with Gasteiger partial charge in [-0.05, 0) is 56.5 Å². The molecule has 4 aliphatic heterocycles. The minimum Gasteiger partial charge on any atom is -0.369 e. The lowest BCUT2D eigenvalue weighted by Gasteiger charge is -2.33. The van der Waals surface area contributed by atoms with Gasteiger partial charge in [-0.2, -0.15) is 8.42 Å². The van der Waals surface area contributed by atoms with Crippen LogP contribution in [0.25, 0.3) is 0 Å². The molecule has 0 bridgehead atoms. The molecule has 0 aromatic heterocycles. The molecular formula is C18H24N4O4S. The number of rotatable bonds is 5.